The Kier molecular flexibility index (Phi) is 7.81. The predicted octanol–water partition coefficient (Wildman–Crippen LogP) is 1.09. The Balaban J connectivity index is 2.75. The van der Waals surface area contributed by atoms with Gasteiger partial charge in [-0.05, 0) is 53.9 Å². The summed E-state index contributed by atoms with van der Waals surface area (Å²) >= 11 is 0. The van der Waals surface area contributed by atoms with Crippen LogP contribution in [0.4, 0.5) is 0 Å². The molecule has 9 heteroatoms. The number of nitrogens with one attached hydrogen (secondary N) is 2. The average Bonchev–Trinajstić information content (AvgIpc) is 3.21. The number of rotatable bonds is 8. The summed E-state index contributed by atoms with van der Waals surface area (Å²) in [5.74, 6) is -2.56. The molecule has 1 saturated heterocycles. The van der Waals surface area contributed by atoms with Gasteiger partial charge in [0, 0.05) is 0 Å². The molecule has 0 saturated carbocycles. The number of hydrogen-bond acceptors (Lipinski definition) is 7. The second kappa shape index (κ2) is 9.11. The molecule has 1 atom stereocenters. The smallest absolute Gasteiger partial charge is 0.325 e. The molecular weight excluding hydrogens is 380 g/mol. The van der Waals surface area contributed by atoms with Crippen molar-refractivity contribution in [2.24, 2.45) is 5.92 Å². The van der Waals surface area contributed by atoms with E-state index < -0.39 is 59.7 Å². The number of epoxide rings is 1. The zero-order valence-electron chi connectivity index (χ0n) is 18.6. The maximum absolute atomic E-state index is 12.7. The number of amides is 2. The summed E-state index contributed by atoms with van der Waals surface area (Å²) in [6.07, 6.45) is -0.167. The summed E-state index contributed by atoms with van der Waals surface area (Å²) in [4.78, 5) is 49.1. The number of ether oxygens (including phenoxy) is 3. The zero-order valence-corrected chi connectivity index (χ0v) is 18.6. The molecule has 0 aromatic carbocycles. The van der Waals surface area contributed by atoms with E-state index in [2.05, 4.69) is 10.6 Å². The molecule has 1 rings (SSSR count). The van der Waals surface area contributed by atoms with Crippen molar-refractivity contribution in [3.63, 3.8) is 0 Å². The molecule has 0 bridgehead atoms. The van der Waals surface area contributed by atoms with E-state index in [4.69, 9.17) is 14.2 Å². The highest BCUT2D eigenvalue weighted by Gasteiger charge is 2.68. The van der Waals surface area contributed by atoms with Gasteiger partial charge in [-0.3, -0.25) is 19.2 Å². The van der Waals surface area contributed by atoms with Crippen molar-refractivity contribution >= 4 is 23.8 Å². The second-order valence-electron chi connectivity index (χ2n) is 9.51. The molecule has 0 aromatic rings. The van der Waals surface area contributed by atoms with Crippen LogP contribution in [0.1, 0.15) is 61.8 Å². The van der Waals surface area contributed by atoms with Gasteiger partial charge in [0.2, 0.25) is 0 Å². The highest BCUT2D eigenvalue weighted by molar-refractivity contribution is 6.12. The van der Waals surface area contributed by atoms with Crippen LogP contribution in [0.5, 0.6) is 0 Å². The van der Waals surface area contributed by atoms with Crippen molar-refractivity contribution in [3.8, 4) is 0 Å². The minimum absolute atomic E-state index is 0.180. The van der Waals surface area contributed by atoms with Gasteiger partial charge in [0.05, 0.1) is 0 Å². The molecule has 0 radical (unpaired) electrons. The lowest BCUT2D eigenvalue weighted by atomic mass is 9.96. The van der Waals surface area contributed by atoms with E-state index in [9.17, 15) is 19.2 Å². The quantitative estimate of drug-likeness (QED) is 0.346. The fraction of sp³-hybridized carbons (Fsp3) is 0.800. The van der Waals surface area contributed by atoms with Crippen LogP contribution < -0.4 is 10.6 Å². The van der Waals surface area contributed by atoms with E-state index in [1.807, 2.05) is 13.8 Å². The largest absolute Gasteiger partial charge is 0.459 e. The van der Waals surface area contributed by atoms with Gasteiger partial charge in [-0.1, -0.05) is 13.8 Å². The van der Waals surface area contributed by atoms with Gasteiger partial charge in [-0.25, -0.2) is 0 Å². The summed E-state index contributed by atoms with van der Waals surface area (Å²) in [5, 5.41) is 4.80. The second-order valence-corrected chi connectivity index (χ2v) is 9.51. The van der Waals surface area contributed by atoms with E-state index >= 15 is 0 Å². The molecule has 29 heavy (non-hydrogen) atoms. The first-order chi connectivity index (χ1) is 13.1. The summed E-state index contributed by atoms with van der Waals surface area (Å²) < 4.78 is 15.8. The minimum Gasteiger partial charge on any atom is -0.459 e. The first-order valence-electron chi connectivity index (χ1n) is 9.75. The van der Waals surface area contributed by atoms with Crippen LogP contribution in [0.2, 0.25) is 0 Å². The molecule has 0 spiro atoms. The first-order valence-corrected chi connectivity index (χ1v) is 9.75. The Morgan fingerprint density at radius 2 is 1.24 bits per heavy atom. The maximum Gasteiger partial charge on any atom is 0.325 e. The summed E-state index contributed by atoms with van der Waals surface area (Å²) in [5.41, 5.74) is -3.16. The van der Waals surface area contributed by atoms with Crippen LogP contribution in [0, 0.1) is 5.92 Å². The Labute approximate surface area is 172 Å². The maximum atomic E-state index is 12.7. The average molecular weight is 414 g/mol. The predicted molar refractivity (Wildman–Crippen MR) is 105 cm³/mol. The fourth-order valence-electron chi connectivity index (χ4n) is 2.66. The van der Waals surface area contributed by atoms with E-state index in [-0.39, 0.29) is 5.92 Å². The molecule has 2 amide bonds. The molecule has 9 nitrogen and oxygen atoms in total. The molecule has 0 aliphatic carbocycles. The van der Waals surface area contributed by atoms with Crippen LogP contribution in [0.25, 0.3) is 0 Å². The molecule has 2 N–H and O–H groups in total. The van der Waals surface area contributed by atoms with Crippen molar-refractivity contribution in [2.75, 3.05) is 13.1 Å². The van der Waals surface area contributed by atoms with Gasteiger partial charge in [-0.15, -0.1) is 0 Å². The number of carbonyl (C=O) groups excluding carboxylic acids is 4. The van der Waals surface area contributed by atoms with E-state index in [1.165, 1.54) is 0 Å². The Morgan fingerprint density at radius 3 is 1.55 bits per heavy atom. The lowest BCUT2D eigenvalue weighted by Gasteiger charge is -2.21. The summed E-state index contributed by atoms with van der Waals surface area (Å²) in [7, 11) is 0. The first kappa shape index (κ1) is 24.9. The van der Waals surface area contributed by atoms with Gasteiger partial charge >= 0.3 is 11.9 Å². The number of esters is 2. The van der Waals surface area contributed by atoms with Gasteiger partial charge < -0.3 is 24.8 Å². The van der Waals surface area contributed by atoms with Crippen LogP contribution in [-0.2, 0) is 33.4 Å². The van der Waals surface area contributed by atoms with E-state index in [0.29, 0.717) is 6.42 Å². The van der Waals surface area contributed by atoms with Crippen molar-refractivity contribution in [1.82, 2.24) is 10.6 Å². The monoisotopic (exact) mass is 414 g/mol. The van der Waals surface area contributed by atoms with E-state index in [1.54, 1.807) is 41.5 Å². The highest BCUT2D eigenvalue weighted by atomic mass is 16.6. The SMILES string of the molecule is CC(C)CC1OC1(C(=O)NCC(=O)OC(C)(C)C)C(=O)NCC(=O)OC(C)(C)C. The van der Waals surface area contributed by atoms with Crippen molar-refractivity contribution in [2.45, 2.75) is 84.7 Å². The van der Waals surface area contributed by atoms with Crippen LogP contribution in [0.15, 0.2) is 0 Å². The topological polar surface area (TPSA) is 123 Å². The van der Waals surface area contributed by atoms with Crippen LogP contribution >= 0.6 is 0 Å². The number of hydrogen-bond donors (Lipinski definition) is 2. The van der Waals surface area contributed by atoms with E-state index in [0.717, 1.165) is 0 Å². The lowest BCUT2D eigenvalue weighted by Crippen LogP contribution is -2.52. The Hall–Kier alpha value is -2.16. The molecule has 1 aliphatic rings. The lowest BCUT2D eigenvalue weighted by molar-refractivity contribution is -0.155. The van der Waals surface area contributed by atoms with Gasteiger partial charge in [0.25, 0.3) is 17.4 Å². The van der Waals surface area contributed by atoms with Gasteiger partial charge in [0.15, 0.2) is 0 Å². The van der Waals surface area contributed by atoms with Gasteiger partial charge in [0.1, 0.15) is 30.4 Å². The zero-order chi connectivity index (χ0) is 22.6. The molecule has 0 aromatic heterocycles. The van der Waals surface area contributed by atoms with Crippen molar-refractivity contribution in [1.29, 1.82) is 0 Å². The van der Waals surface area contributed by atoms with Crippen molar-refractivity contribution in [3.05, 3.63) is 0 Å². The standard InChI is InChI=1S/C20H34N2O7/c1-12(2)9-13-20(27-13,16(25)21-10-14(23)28-18(3,4)5)17(26)22-11-15(24)29-19(6,7)8/h12-13H,9-11H2,1-8H3,(H,21,25)(H,22,26). The summed E-state index contributed by atoms with van der Waals surface area (Å²) in [6, 6.07) is 0. The molecule has 1 aliphatic heterocycles. The van der Waals surface area contributed by atoms with Gasteiger partial charge in [-0.2, -0.15) is 0 Å². The molecular formula is C20H34N2O7. The molecule has 1 unspecified atom stereocenters. The molecule has 1 heterocycles. The normalized spacial score (nSPS) is 18.0. The molecule has 1 fully saturated rings. The fourth-order valence-corrected chi connectivity index (χ4v) is 2.66. The highest BCUT2D eigenvalue weighted by Crippen LogP contribution is 2.41. The van der Waals surface area contributed by atoms with Crippen LogP contribution in [0.3, 0.4) is 0 Å². The molecule has 166 valence electrons. The van der Waals surface area contributed by atoms with Crippen LogP contribution in [-0.4, -0.2) is 59.7 Å². The third-order valence-corrected chi connectivity index (χ3v) is 3.71. The third-order valence-electron chi connectivity index (χ3n) is 3.71. The van der Waals surface area contributed by atoms with Crippen molar-refractivity contribution < 1.29 is 33.4 Å². The summed E-state index contributed by atoms with van der Waals surface area (Å²) in [6.45, 7) is 13.3. The Bertz CT molecular complexity index is 600. The number of carbonyl (C=O) groups is 4. The minimum atomic E-state index is -1.77. The Morgan fingerprint density at radius 1 is 0.862 bits per heavy atom. The third kappa shape index (κ3) is 8.00.